The predicted molar refractivity (Wildman–Crippen MR) is 95.9 cm³/mol. The number of H-pyrrole nitrogens is 1. The molecule has 0 amide bonds. The molecule has 130 valence electrons. The van der Waals surface area contributed by atoms with Crippen molar-refractivity contribution >= 4 is 32.5 Å². The van der Waals surface area contributed by atoms with Crippen molar-refractivity contribution in [3.8, 4) is 0 Å². The maximum atomic E-state index is 12.2. The molecule has 1 aromatic carbocycles. The number of likely N-dealkylation sites (tertiary alicyclic amines) is 1. The van der Waals surface area contributed by atoms with Crippen LogP contribution >= 0.6 is 11.6 Å². The van der Waals surface area contributed by atoms with Gasteiger partial charge in [0.15, 0.2) is 5.43 Å². The van der Waals surface area contributed by atoms with Gasteiger partial charge in [0, 0.05) is 42.8 Å². The highest BCUT2D eigenvalue weighted by Gasteiger charge is 2.22. The molecule has 0 saturated carbocycles. The van der Waals surface area contributed by atoms with E-state index in [-0.39, 0.29) is 11.5 Å². The molecule has 2 heterocycles. The zero-order chi connectivity index (χ0) is 17.3. The number of para-hydroxylation sites is 1. The number of benzene rings is 1. The smallest absolute Gasteiger partial charge is 0.208 e. The Morgan fingerprint density at radius 1 is 1.33 bits per heavy atom. The first-order valence-corrected chi connectivity index (χ1v) is 10.1. The zero-order valence-corrected chi connectivity index (χ0v) is 15.0. The molecule has 6 nitrogen and oxygen atoms in total. The van der Waals surface area contributed by atoms with Crippen molar-refractivity contribution in [1.82, 2.24) is 14.6 Å². The molecule has 0 bridgehead atoms. The summed E-state index contributed by atoms with van der Waals surface area (Å²) in [6.45, 7) is 2.16. The minimum atomic E-state index is -3.17. The van der Waals surface area contributed by atoms with Crippen molar-refractivity contribution in [3.05, 3.63) is 45.2 Å². The summed E-state index contributed by atoms with van der Waals surface area (Å²) in [6, 6.07) is 6.87. The van der Waals surface area contributed by atoms with Crippen LogP contribution in [0.1, 0.15) is 18.5 Å². The van der Waals surface area contributed by atoms with E-state index >= 15 is 0 Å². The summed E-state index contributed by atoms with van der Waals surface area (Å²) in [7, 11) is -3.17. The Balaban J connectivity index is 1.71. The lowest BCUT2D eigenvalue weighted by Crippen LogP contribution is -2.44. The average molecular weight is 370 g/mol. The lowest BCUT2D eigenvalue weighted by atomic mass is 10.1. The number of sulfonamides is 1. The number of pyridine rings is 1. The fourth-order valence-electron chi connectivity index (χ4n) is 3.13. The van der Waals surface area contributed by atoms with Gasteiger partial charge in [-0.3, -0.25) is 9.69 Å². The Morgan fingerprint density at radius 2 is 2.04 bits per heavy atom. The summed E-state index contributed by atoms with van der Waals surface area (Å²) in [6.07, 6.45) is 2.69. The van der Waals surface area contributed by atoms with Crippen LogP contribution in [-0.2, 0) is 16.6 Å². The maximum absolute atomic E-state index is 12.2. The van der Waals surface area contributed by atoms with Crippen molar-refractivity contribution in [2.75, 3.05) is 19.3 Å². The number of halogens is 1. The van der Waals surface area contributed by atoms with Gasteiger partial charge in [0.25, 0.3) is 0 Å². The molecule has 1 saturated heterocycles. The molecule has 0 atom stereocenters. The molecule has 1 aromatic heterocycles. The number of fused-ring (bicyclic) bond motifs is 1. The van der Waals surface area contributed by atoms with Crippen LogP contribution in [0.2, 0.25) is 5.02 Å². The SMILES string of the molecule is CS(=O)(=O)NC1CCN(Cc2cc(=O)c3cccc(Cl)c3[nH]2)CC1. The number of nitrogens with zero attached hydrogens (tertiary/aromatic N) is 1. The first kappa shape index (κ1) is 17.4. The number of hydrogen-bond acceptors (Lipinski definition) is 4. The molecular weight excluding hydrogens is 350 g/mol. The predicted octanol–water partition coefficient (Wildman–Crippen LogP) is 1.70. The largest absolute Gasteiger partial charge is 0.356 e. The topological polar surface area (TPSA) is 82.3 Å². The van der Waals surface area contributed by atoms with Crippen LogP contribution in [0.3, 0.4) is 0 Å². The Labute approximate surface area is 145 Å². The monoisotopic (exact) mass is 369 g/mol. The third-order valence-corrected chi connectivity index (χ3v) is 5.31. The van der Waals surface area contributed by atoms with E-state index in [4.69, 9.17) is 11.6 Å². The third kappa shape index (κ3) is 4.16. The van der Waals surface area contributed by atoms with E-state index < -0.39 is 10.0 Å². The molecule has 3 rings (SSSR count). The lowest BCUT2D eigenvalue weighted by molar-refractivity contribution is 0.198. The van der Waals surface area contributed by atoms with Gasteiger partial charge in [-0.15, -0.1) is 0 Å². The lowest BCUT2D eigenvalue weighted by Gasteiger charge is -2.31. The number of hydrogen-bond donors (Lipinski definition) is 2. The zero-order valence-electron chi connectivity index (χ0n) is 13.4. The Morgan fingerprint density at radius 3 is 2.71 bits per heavy atom. The Hall–Kier alpha value is -1.41. The summed E-state index contributed by atoms with van der Waals surface area (Å²) in [4.78, 5) is 17.7. The molecule has 0 unspecified atom stereocenters. The van der Waals surface area contributed by atoms with Crippen LogP contribution in [0.5, 0.6) is 0 Å². The molecule has 2 N–H and O–H groups in total. The third-order valence-electron chi connectivity index (χ3n) is 4.23. The van der Waals surface area contributed by atoms with E-state index in [1.165, 1.54) is 6.26 Å². The van der Waals surface area contributed by atoms with Gasteiger partial charge in [0.1, 0.15) is 0 Å². The van der Waals surface area contributed by atoms with E-state index in [1.54, 1.807) is 24.3 Å². The highest BCUT2D eigenvalue weighted by Crippen LogP contribution is 2.20. The van der Waals surface area contributed by atoms with E-state index in [2.05, 4.69) is 14.6 Å². The first-order chi connectivity index (χ1) is 11.3. The number of nitrogens with one attached hydrogen (secondary N) is 2. The van der Waals surface area contributed by atoms with Gasteiger partial charge in [-0.25, -0.2) is 13.1 Å². The van der Waals surface area contributed by atoms with Gasteiger partial charge in [-0.2, -0.15) is 0 Å². The van der Waals surface area contributed by atoms with Crippen LogP contribution in [-0.4, -0.2) is 43.7 Å². The molecule has 24 heavy (non-hydrogen) atoms. The summed E-state index contributed by atoms with van der Waals surface area (Å²) in [5.74, 6) is 0. The second-order valence-electron chi connectivity index (χ2n) is 6.26. The summed E-state index contributed by atoms with van der Waals surface area (Å²) in [5, 5.41) is 1.12. The molecular formula is C16H20ClN3O3S. The Bertz CT molecular complexity index is 902. The van der Waals surface area contributed by atoms with Crippen LogP contribution in [0.25, 0.3) is 10.9 Å². The normalized spacial score (nSPS) is 17.4. The van der Waals surface area contributed by atoms with Gasteiger partial charge in [0.2, 0.25) is 10.0 Å². The molecule has 1 aliphatic heterocycles. The van der Waals surface area contributed by atoms with Crippen molar-refractivity contribution in [1.29, 1.82) is 0 Å². The quantitative estimate of drug-likeness (QED) is 0.859. The second kappa shape index (κ2) is 6.84. The highest BCUT2D eigenvalue weighted by atomic mass is 35.5. The summed E-state index contributed by atoms with van der Waals surface area (Å²) >= 11 is 6.18. The standard InChI is InChI=1S/C16H20ClN3O3S/c1-24(22,23)19-11-5-7-20(8-6-11)10-12-9-15(21)13-3-2-4-14(17)16(13)18-12/h2-4,9,11,19H,5-8,10H2,1H3,(H,18,21). The number of piperidine rings is 1. The Kier molecular flexibility index (Phi) is 4.96. The van der Waals surface area contributed by atoms with Gasteiger partial charge >= 0.3 is 0 Å². The van der Waals surface area contributed by atoms with Gasteiger partial charge in [0.05, 0.1) is 16.8 Å². The van der Waals surface area contributed by atoms with Gasteiger partial charge in [-0.05, 0) is 25.0 Å². The molecule has 2 aromatic rings. The van der Waals surface area contributed by atoms with E-state index in [0.717, 1.165) is 31.6 Å². The number of rotatable bonds is 4. The number of aromatic nitrogens is 1. The molecule has 1 aliphatic rings. The second-order valence-corrected chi connectivity index (χ2v) is 8.45. The van der Waals surface area contributed by atoms with Crippen LogP contribution in [0.4, 0.5) is 0 Å². The first-order valence-electron chi connectivity index (χ1n) is 7.82. The van der Waals surface area contributed by atoms with Gasteiger partial charge in [-0.1, -0.05) is 17.7 Å². The van der Waals surface area contributed by atoms with E-state index in [1.807, 2.05) is 0 Å². The highest BCUT2D eigenvalue weighted by molar-refractivity contribution is 7.88. The van der Waals surface area contributed by atoms with Crippen molar-refractivity contribution in [2.24, 2.45) is 0 Å². The molecule has 1 fully saturated rings. The van der Waals surface area contributed by atoms with E-state index in [0.29, 0.717) is 22.5 Å². The van der Waals surface area contributed by atoms with Gasteiger partial charge < -0.3 is 4.98 Å². The minimum Gasteiger partial charge on any atom is -0.356 e. The van der Waals surface area contributed by atoms with Crippen molar-refractivity contribution in [3.63, 3.8) is 0 Å². The maximum Gasteiger partial charge on any atom is 0.208 e. The van der Waals surface area contributed by atoms with Crippen LogP contribution < -0.4 is 10.2 Å². The molecule has 8 heteroatoms. The van der Waals surface area contributed by atoms with E-state index in [9.17, 15) is 13.2 Å². The fourth-order valence-corrected chi connectivity index (χ4v) is 4.19. The minimum absolute atomic E-state index is 0.0126. The van der Waals surface area contributed by atoms with Crippen molar-refractivity contribution < 1.29 is 8.42 Å². The molecule has 0 radical (unpaired) electrons. The summed E-state index contributed by atoms with van der Waals surface area (Å²) in [5.41, 5.74) is 1.43. The van der Waals surface area contributed by atoms with Crippen LogP contribution in [0.15, 0.2) is 29.1 Å². The summed E-state index contributed by atoms with van der Waals surface area (Å²) < 4.78 is 25.2. The van der Waals surface area contributed by atoms with Crippen LogP contribution in [0, 0.1) is 0 Å². The average Bonchev–Trinajstić information content (AvgIpc) is 2.49. The molecule has 0 aliphatic carbocycles. The van der Waals surface area contributed by atoms with Crippen molar-refractivity contribution in [2.45, 2.75) is 25.4 Å². The molecule has 0 spiro atoms. The fraction of sp³-hybridized carbons (Fsp3) is 0.438. The number of aromatic amines is 1.